The predicted octanol–water partition coefficient (Wildman–Crippen LogP) is 23.4. The summed E-state index contributed by atoms with van der Waals surface area (Å²) in [5.41, 5.74) is 26.6. The first kappa shape index (κ1) is 51.0. The maximum Gasteiger partial charge on any atom is 0.0726 e. The highest BCUT2D eigenvalue weighted by molar-refractivity contribution is 7.26. The summed E-state index contributed by atoms with van der Waals surface area (Å²) in [6, 6.07) is 124. The largest absolute Gasteiger partial charge is 0.310 e. The molecule has 2 aliphatic rings. The SMILES string of the molecule is c1ccc(-c2ccc(N(c3ccc(-c4ccccc4)cc3)c3cc(-c4cc5c6ccccc6n(-c6ccccc6)c5c5c4sc4ccccc45)cc(N(c4ccccc4)c4cccc5c4-c4ccccc4C54c5ccccc5-c5ccccc54)c3)cc2)cc1. The van der Waals surface area contributed by atoms with E-state index in [9.17, 15) is 0 Å². The van der Waals surface area contributed by atoms with E-state index in [0.717, 1.165) is 56.5 Å². The maximum absolute atomic E-state index is 2.55. The smallest absolute Gasteiger partial charge is 0.0726 e. The first-order valence-corrected chi connectivity index (χ1v) is 31.5. The topological polar surface area (TPSA) is 11.4 Å². The quantitative estimate of drug-likeness (QED) is 0.135. The van der Waals surface area contributed by atoms with Crippen molar-refractivity contribution in [3.05, 3.63) is 356 Å². The molecule has 0 radical (unpaired) electrons. The van der Waals surface area contributed by atoms with Crippen LogP contribution in [-0.4, -0.2) is 4.57 Å². The standard InChI is InChI=1S/C85H55N3S/c1-5-24-56(25-6-1)58-44-48-63(49-45-58)86(64-50-46-59(47-51-64)57-26-7-2-8-27-57)65-52-60(72-55-73-69-34-16-21-41-78(69)88(62-30-11-4-12-31-62)83(73)82-71-36-17-22-43-80(71)89-84(72)82)53-66(54-65)87(61-28-9-3-10-29-61)79-42-23-40-77-81(79)70-35-15-20-39-76(70)85(77)74-37-18-13-32-67(74)68-33-14-19-38-75(68)85/h1-55H. The molecule has 0 saturated heterocycles. The molecule has 2 aliphatic carbocycles. The van der Waals surface area contributed by atoms with Gasteiger partial charge in [0.05, 0.1) is 22.1 Å². The molecule has 0 N–H and O–H groups in total. The molecule has 0 fully saturated rings. The fourth-order valence-electron chi connectivity index (χ4n) is 15.0. The first-order valence-electron chi connectivity index (χ1n) is 30.6. The van der Waals surface area contributed by atoms with Gasteiger partial charge in [-0.05, 0) is 158 Å². The minimum Gasteiger partial charge on any atom is -0.310 e. The number of anilines is 6. The molecule has 0 unspecified atom stereocenters. The number of fused-ring (bicyclic) bond motifs is 17. The van der Waals surface area contributed by atoms with Gasteiger partial charge in [0.2, 0.25) is 0 Å². The van der Waals surface area contributed by atoms with Gasteiger partial charge in [0.1, 0.15) is 0 Å². The van der Waals surface area contributed by atoms with Crippen molar-refractivity contribution in [1.82, 2.24) is 4.57 Å². The minimum atomic E-state index is -0.528. The van der Waals surface area contributed by atoms with Gasteiger partial charge in [0.25, 0.3) is 0 Å². The second-order valence-corrected chi connectivity index (χ2v) is 24.5. The Balaban J connectivity index is 0.949. The number of thiophene rings is 1. The van der Waals surface area contributed by atoms with E-state index in [4.69, 9.17) is 0 Å². The molecular weight excluding hydrogens is 1100 g/mol. The first-order chi connectivity index (χ1) is 44.2. The normalized spacial score (nSPS) is 12.6. The number of para-hydroxylation sites is 3. The lowest BCUT2D eigenvalue weighted by Gasteiger charge is -2.33. The van der Waals surface area contributed by atoms with Crippen LogP contribution in [0.15, 0.2) is 334 Å². The maximum atomic E-state index is 2.55. The molecule has 0 amide bonds. The van der Waals surface area contributed by atoms with Crippen LogP contribution in [0.3, 0.4) is 0 Å². The second kappa shape index (κ2) is 20.4. The molecule has 2 aromatic heterocycles. The molecule has 3 nitrogen and oxygen atoms in total. The van der Waals surface area contributed by atoms with E-state index in [-0.39, 0.29) is 0 Å². The summed E-state index contributed by atoms with van der Waals surface area (Å²) in [5, 5.41) is 4.94. The van der Waals surface area contributed by atoms with Crippen LogP contribution < -0.4 is 9.80 Å². The van der Waals surface area contributed by atoms with Crippen molar-refractivity contribution >= 4 is 87.4 Å². The van der Waals surface area contributed by atoms with E-state index in [2.05, 4.69) is 348 Å². The number of aromatic nitrogens is 1. The molecule has 1 spiro atoms. The van der Waals surface area contributed by atoms with E-state index in [1.54, 1.807) is 0 Å². The Morgan fingerprint density at radius 2 is 0.764 bits per heavy atom. The molecule has 4 heteroatoms. The van der Waals surface area contributed by atoms with Crippen molar-refractivity contribution in [1.29, 1.82) is 0 Å². The van der Waals surface area contributed by atoms with Crippen molar-refractivity contribution in [2.24, 2.45) is 0 Å². The van der Waals surface area contributed by atoms with Crippen LogP contribution in [0.4, 0.5) is 34.1 Å². The number of rotatable bonds is 10. The lowest BCUT2D eigenvalue weighted by atomic mass is 9.70. The second-order valence-electron chi connectivity index (χ2n) is 23.5. The van der Waals surface area contributed by atoms with Crippen LogP contribution in [0.2, 0.25) is 0 Å². The summed E-state index contributed by atoms with van der Waals surface area (Å²) in [7, 11) is 0. The fourth-order valence-corrected chi connectivity index (χ4v) is 16.3. The van der Waals surface area contributed by atoms with Gasteiger partial charge in [0, 0.05) is 76.2 Å². The summed E-state index contributed by atoms with van der Waals surface area (Å²) in [5.74, 6) is 0. The Bertz CT molecular complexity index is 5290. The Morgan fingerprint density at radius 1 is 0.292 bits per heavy atom. The predicted molar refractivity (Wildman–Crippen MR) is 376 cm³/mol. The van der Waals surface area contributed by atoms with Crippen molar-refractivity contribution in [2.45, 2.75) is 5.41 Å². The molecule has 14 aromatic carbocycles. The van der Waals surface area contributed by atoms with Crippen LogP contribution in [0.5, 0.6) is 0 Å². The zero-order valence-electron chi connectivity index (χ0n) is 48.5. The van der Waals surface area contributed by atoms with Crippen LogP contribution in [0.25, 0.3) is 103 Å². The van der Waals surface area contributed by atoms with Crippen molar-refractivity contribution in [3.63, 3.8) is 0 Å². The third kappa shape index (κ3) is 7.84. The van der Waals surface area contributed by atoms with Gasteiger partial charge in [-0.25, -0.2) is 0 Å². The third-order valence-corrected chi connectivity index (χ3v) is 19.9. The van der Waals surface area contributed by atoms with Gasteiger partial charge < -0.3 is 14.4 Å². The Morgan fingerprint density at radius 3 is 1.39 bits per heavy atom. The molecule has 0 aliphatic heterocycles. The fraction of sp³-hybridized carbons (Fsp3) is 0.0118. The molecule has 16 aromatic rings. The van der Waals surface area contributed by atoms with Crippen LogP contribution in [0, 0.1) is 0 Å². The van der Waals surface area contributed by atoms with Gasteiger partial charge in [-0.1, -0.05) is 243 Å². The Labute approximate surface area is 521 Å². The molecule has 416 valence electrons. The summed E-state index contributed by atoms with van der Waals surface area (Å²) in [4.78, 5) is 5.01. The van der Waals surface area contributed by atoms with Crippen molar-refractivity contribution < 1.29 is 0 Å². The third-order valence-electron chi connectivity index (χ3n) is 18.7. The monoisotopic (exact) mass is 1150 g/mol. The summed E-state index contributed by atoms with van der Waals surface area (Å²) < 4.78 is 5.00. The van der Waals surface area contributed by atoms with E-state index >= 15 is 0 Å². The molecule has 0 bridgehead atoms. The van der Waals surface area contributed by atoms with Gasteiger partial charge in [-0.15, -0.1) is 11.3 Å². The zero-order valence-corrected chi connectivity index (χ0v) is 49.3. The highest BCUT2D eigenvalue weighted by Crippen LogP contribution is 2.65. The average molecular weight is 1150 g/mol. The highest BCUT2D eigenvalue weighted by atomic mass is 32.1. The molecule has 89 heavy (non-hydrogen) atoms. The highest BCUT2D eigenvalue weighted by Gasteiger charge is 2.52. The molecule has 18 rings (SSSR count). The van der Waals surface area contributed by atoms with Gasteiger partial charge in [0.15, 0.2) is 0 Å². The molecule has 0 atom stereocenters. The number of hydrogen-bond acceptors (Lipinski definition) is 3. The lowest BCUT2D eigenvalue weighted by molar-refractivity contribution is 0.794. The van der Waals surface area contributed by atoms with E-state index in [1.165, 1.54) is 103 Å². The molecule has 2 heterocycles. The van der Waals surface area contributed by atoms with Crippen LogP contribution in [0.1, 0.15) is 22.3 Å². The van der Waals surface area contributed by atoms with E-state index in [0.29, 0.717) is 0 Å². The number of hydrogen-bond donors (Lipinski definition) is 0. The summed E-state index contributed by atoms with van der Waals surface area (Å²) in [6.45, 7) is 0. The molecule has 0 saturated carbocycles. The number of nitrogens with zero attached hydrogens (tertiary/aromatic N) is 3. The van der Waals surface area contributed by atoms with E-state index in [1.807, 2.05) is 11.3 Å². The van der Waals surface area contributed by atoms with Crippen molar-refractivity contribution in [3.8, 4) is 61.3 Å². The van der Waals surface area contributed by atoms with Gasteiger partial charge in [-0.2, -0.15) is 0 Å². The average Bonchev–Trinajstić information content (AvgIpc) is 1.52. The summed E-state index contributed by atoms with van der Waals surface area (Å²) in [6.07, 6.45) is 0. The lowest BCUT2D eigenvalue weighted by Crippen LogP contribution is -2.26. The van der Waals surface area contributed by atoms with Crippen LogP contribution in [-0.2, 0) is 5.41 Å². The minimum absolute atomic E-state index is 0.528. The Hall–Kier alpha value is -11.3. The zero-order chi connectivity index (χ0) is 58.6. The van der Waals surface area contributed by atoms with Crippen LogP contribution >= 0.6 is 11.3 Å². The van der Waals surface area contributed by atoms with Gasteiger partial charge in [-0.3, -0.25) is 0 Å². The van der Waals surface area contributed by atoms with Gasteiger partial charge >= 0.3 is 0 Å². The van der Waals surface area contributed by atoms with Crippen molar-refractivity contribution in [2.75, 3.05) is 9.80 Å². The van der Waals surface area contributed by atoms with E-state index < -0.39 is 5.41 Å². The molecular formula is C85H55N3S. The Kier molecular flexibility index (Phi) is 11.7. The summed E-state index contributed by atoms with van der Waals surface area (Å²) >= 11 is 1.89. The number of benzene rings is 14.